The maximum atomic E-state index is 12.5. The van der Waals surface area contributed by atoms with E-state index in [2.05, 4.69) is 36.2 Å². The Hall–Kier alpha value is -1.98. The van der Waals surface area contributed by atoms with Crippen LogP contribution in [-0.2, 0) is 29.6 Å². The predicted molar refractivity (Wildman–Crippen MR) is 108 cm³/mol. The van der Waals surface area contributed by atoms with E-state index in [1.807, 2.05) is 30.3 Å². The monoisotopic (exact) mass is 372 g/mol. The Morgan fingerprint density at radius 1 is 1.04 bits per heavy atom. The van der Waals surface area contributed by atoms with Crippen LogP contribution in [0.15, 0.2) is 48.5 Å². The molecule has 26 heavy (non-hydrogen) atoms. The fourth-order valence-corrected chi connectivity index (χ4v) is 3.54. The largest absolute Gasteiger partial charge is 0.348 e. The minimum atomic E-state index is -0.919. The maximum absolute atomic E-state index is 12.5. The van der Waals surface area contributed by atoms with Gasteiger partial charge in [0.25, 0.3) is 5.91 Å². The summed E-state index contributed by atoms with van der Waals surface area (Å²) in [6.45, 7) is 7.71. The first kappa shape index (κ1) is 20.3. The maximum Gasteiger partial charge on any atom is 0.251 e. The van der Waals surface area contributed by atoms with E-state index in [-0.39, 0.29) is 5.91 Å². The molecule has 2 aromatic carbocycles. The van der Waals surface area contributed by atoms with Gasteiger partial charge in [-0.25, -0.2) is 0 Å². The van der Waals surface area contributed by atoms with Crippen molar-refractivity contribution in [3.63, 3.8) is 0 Å². The lowest BCUT2D eigenvalue weighted by molar-refractivity contribution is 0.0950. The normalized spacial score (nSPS) is 12.2. The third kappa shape index (κ3) is 6.07. The van der Waals surface area contributed by atoms with E-state index in [9.17, 15) is 9.00 Å². The van der Waals surface area contributed by atoms with E-state index in [0.29, 0.717) is 17.9 Å². The molecule has 140 valence electrons. The molecule has 1 amide bonds. The van der Waals surface area contributed by atoms with Gasteiger partial charge in [0.05, 0.1) is 0 Å². The number of benzene rings is 2. The Morgan fingerprint density at radius 3 is 2.38 bits per heavy atom. The summed E-state index contributed by atoms with van der Waals surface area (Å²) < 4.78 is 11.4. The van der Waals surface area contributed by atoms with E-state index in [4.69, 9.17) is 0 Å². The van der Waals surface area contributed by atoms with Gasteiger partial charge >= 0.3 is 0 Å². The second-order valence-electron chi connectivity index (χ2n) is 6.33. The number of nitrogens with zero attached hydrogens (tertiary/aromatic N) is 1. The summed E-state index contributed by atoms with van der Waals surface area (Å²) in [6, 6.07) is 15.6. The zero-order valence-corrected chi connectivity index (χ0v) is 16.6. The van der Waals surface area contributed by atoms with Gasteiger partial charge in [-0.1, -0.05) is 50.2 Å². The van der Waals surface area contributed by atoms with Crippen LogP contribution in [0.5, 0.6) is 0 Å². The van der Waals surface area contributed by atoms with Crippen molar-refractivity contribution in [2.24, 2.45) is 0 Å². The third-order valence-corrected chi connectivity index (χ3v) is 5.15. The minimum absolute atomic E-state index is 0.105. The van der Waals surface area contributed by atoms with Crippen molar-refractivity contribution in [1.82, 2.24) is 10.2 Å². The smallest absolute Gasteiger partial charge is 0.251 e. The molecule has 0 aliphatic rings. The molecule has 0 aromatic heterocycles. The number of nitrogens with one attached hydrogen (secondary N) is 1. The molecular formula is C21H28N2O2S. The lowest BCUT2D eigenvalue weighted by atomic mass is 10.1. The van der Waals surface area contributed by atoms with E-state index in [0.717, 1.165) is 30.8 Å². The fourth-order valence-electron chi connectivity index (χ4n) is 2.89. The highest BCUT2D eigenvalue weighted by Crippen LogP contribution is 2.13. The van der Waals surface area contributed by atoms with Gasteiger partial charge in [0.15, 0.2) is 0 Å². The van der Waals surface area contributed by atoms with Crippen molar-refractivity contribution >= 4 is 16.7 Å². The molecule has 2 rings (SSSR count). The predicted octanol–water partition coefficient (Wildman–Crippen LogP) is 3.34. The number of hydrogen-bond donors (Lipinski definition) is 1. The van der Waals surface area contributed by atoms with Gasteiger partial charge in [-0.2, -0.15) is 0 Å². The molecule has 0 heterocycles. The number of carbonyl (C=O) groups excluding carboxylic acids is 1. The van der Waals surface area contributed by atoms with Gasteiger partial charge in [-0.05, 0) is 41.9 Å². The van der Waals surface area contributed by atoms with Gasteiger partial charge in [-0.15, -0.1) is 0 Å². The van der Waals surface area contributed by atoms with Crippen LogP contribution in [0.1, 0.15) is 40.9 Å². The second kappa shape index (κ2) is 10.2. The standard InChI is InChI=1S/C21H28N2O2S/c1-4-23(5-2)15-20-11-7-6-10-19(20)14-22-21(24)18-12-8-9-17(13-18)16-26(3)25/h6-13H,4-5,14-16H2,1-3H3,(H,22,24). The zero-order chi connectivity index (χ0) is 18.9. The van der Waals surface area contributed by atoms with Crippen LogP contribution in [0.4, 0.5) is 0 Å². The summed E-state index contributed by atoms with van der Waals surface area (Å²) >= 11 is 0. The van der Waals surface area contributed by atoms with Crippen molar-refractivity contribution in [2.45, 2.75) is 32.7 Å². The highest BCUT2D eigenvalue weighted by Gasteiger charge is 2.10. The average Bonchev–Trinajstić information content (AvgIpc) is 2.64. The third-order valence-electron chi connectivity index (χ3n) is 4.41. The molecule has 5 heteroatoms. The van der Waals surface area contributed by atoms with Crippen molar-refractivity contribution in [2.75, 3.05) is 19.3 Å². The van der Waals surface area contributed by atoms with Crippen LogP contribution in [-0.4, -0.2) is 34.4 Å². The molecule has 2 aromatic rings. The van der Waals surface area contributed by atoms with Crippen LogP contribution < -0.4 is 5.32 Å². The van der Waals surface area contributed by atoms with Gasteiger partial charge in [0, 0.05) is 41.5 Å². The molecular weight excluding hydrogens is 344 g/mol. The van der Waals surface area contributed by atoms with Gasteiger partial charge < -0.3 is 5.32 Å². The van der Waals surface area contributed by atoms with Crippen LogP contribution >= 0.6 is 0 Å². The van der Waals surface area contributed by atoms with Gasteiger partial charge in [0.1, 0.15) is 0 Å². The molecule has 0 saturated carbocycles. The van der Waals surface area contributed by atoms with Crippen LogP contribution in [0, 0.1) is 0 Å². The summed E-state index contributed by atoms with van der Waals surface area (Å²) in [5, 5.41) is 3.01. The number of amides is 1. The van der Waals surface area contributed by atoms with E-state index < -0.39 is 10.8 Å². The quantitative estimate of drug-likeness (QED) is 0.734. The molecule has 0 aliphatic heterocycles. The zero-order valence-electron chi connectivity index (χ0n) is 15.8. The lowest BCUT2D eigenvalue weighted by Gasteiger charge is -2.20. The van der Waals surface area contributed by atoms with E-state index in [1.165, 1.54) is 5.56 Å². The molecule has 0 aliphatic carbocycles. The van der Waals surface area contributed by atoms with Crippen LogP contribution in [0.3, 0.4) is 0 Å². The van der Waals surface area contributed by atoms with Gasteiger partial charge in [-0.3, -0.25) is 13.9 Å². The first-order valence-corrected chi connectivity index (χ1v) is 10.7. The SMILES string of the molecule is CCN(CC)Cc1ccccc1CNC(=O)c1cccc(CS(C)=O)c1. The van der Waals surface area contributed by atoms with Crippen molar-refractivity contribution in [1.29, 1.82) is 0 Å². The van der Waals surface area contributed by atoms with Crippen molar-refractivity contribution in [3.05, 3.63) is 70.8 Å². The molecule has 0 spiro atoms. The average molecular weight is 373 g/mol. The molecule has 1 unspecified atom stereocenters. The summed E-state index contributed by atoms with van der Waals surface area (Å²) in [5.41, 5.74) is 3.90. The highest BCUT2D eigenvalue weighted by molar-refractivity contribution is 7.83. The summed E-state index contributed by atoms with van der Waals surface area (Å²) in [7, 11) is -0.919. The highest BCUT2D eigenvalue weighted by atomic mass is 32.2. The minimum Gasteiger partial charge on any atom is -0.348 e. The van der Waals surface area contributed by atoms with E-state index >= 15 is 0 Å². The van der Waals surface area contributed by atoms with Crippen LogP contribution in [0.25, 0.3) is 0 Å². The van der Waals surface area contributed by atoms with Crippen molar-refractivity contribution < 1.29 is 9.00 Å². The summed E-state index contributed by atoms with van der Waals surface area (Å²) in [5.74, 6) is 0.361. The number of carbonyl (C=O) groups is 1. The molecule has 1 N–H and O–H groups in total. The van der Waals surface area contributed by atoms with Crippen molar-refractivity contribution in [3.8, 4) is 0 Å². The fraction of sp³-hybridized carbons (Fsp3) is 0.381. The Bertz CT molecular complexity index is 757. The van der Waals surface area contributed by atoms with Crippen LogP contribution in [0.2, 0.25) is 0 Å². The molecule has 4 nitrogen and oxygen atoms in total. The first-order chi connectivity index (χ1) is 12.5. The Morgan fingerprint density at radius 2 is 1.73 bits per heavy atom. The Labute approximate surface area is 159 Å². The van der Waals surface area contributed by atoms with Gasteiger partial charge in [0.2, 0.25) is 0 Å². The molecule has 0 radical (unpaired) electrons. The molecule has 0 fully saturated rings. The topological polar surface area (TPSA) is 49.4 Å². The number of rotatable bonds is 9. The summed E-state index contributed by atoms with van der Waals surface area (Å²) in [4.78, 5) is 14.9. The number of hydrogen-bond acceptors (Lipinski definition) is 3. The first-order valence-electron chi connectivity index (χ1n) is 8.99. The molecule has 1 atom stereocenters. The Balaban J connectivity index is 2.04. The second-order valence-corrected chi connectivity index (χ2v) is 7.77. The molecule has 0 saturated heterocycles. The Kier molecular flexibility index (Phi) is 8.01. The lowest BCUT2D eigenvalue weighted by Crippen LogP contribution is -2.26. The summed E-state index contributed by atoms with van der Waals surface area (Å²) in [6.07, 6.45) is 1.67. The van der Waals surface area contributed by atoms with E-state index in [1.54, 1.807) is 12.3 Å². The molecule has 0 bridgehead atoms.